The maximum Gasteiger partial charge on any atom is 0.308 e. The molecule has 1 unspecified atom stereocenters. The van der Waals surface area contributed by atoms with Crippen molar-refractivity contribution in [2.75, 3.05) is 41.7 Å². The minimum absolute atomic E-state index is 0.195. The molecule has 1 atom stereocenters. The van der Waals surface area contributed by atoms with E-state index in [9.17, 15) is 15.0 Å². The molecule has 2 aliphatic rings. The molecule has 2 fully saturated rings. The van der Waals surface area contributed by atoms with Crippen molar-refractivity contribution in [1.82, 2.24) is 9.97 Å². The Morgan fingerprint density at radius 3 is 2.43 bits per heavy atom. The molecule has 2 aliphatic heterocycles. The number of aliphatic hydroxyl groups excluding tert-OH is 1. The van der Waals surface area contributed by atoms with Crippen molar-refractivity contribution >= 4 is 23.6 Å². The predicted molar refractivity (Wildman–Crippen MR) is 86.5 cm³/mol. The van der Waals surface area contributed by atoms with Crippen molar-refractivity contribution in [3.05, 3.63) is 6.07 Å². The van der Waals surface area contributed by atoms with Crippen LogP contribution in [0.3, 0.4) is 0 Å². The quantitative estimate of drug-likeness (QED) is 0.729. The predicted octanol–water partition coefficient (Wildman–Crippen LogP) is 0.321. The maximum absolute atomic E-state index is 11.2. The highest BCUT2D eigenvalue weighted by Gasteiger charge is 2.27. The summed E-state index contributed by atoms with van der Waals surface area (Å²) in [7, 11) is 0. The minimum atomic E-state index is -0.762. The lowest BCUT2D eigenvalue weighted by molar-refractivity contribution is -0.141. The number of nitrogen functional groups attached to an aromatic ring is 1. The average molecular weight is 321 g/mol. The summed E-state index contributed by atoms with van der Waals surface area (Å²) in [6.07, 6.45) is 2.70. The highest BCUT2D eigenvalue weighted by atomic mass is 16.4. The Kier molecular flexibility index (Phi) is 4.51. The molecule has 0 radical (unpaired) electrons. The Hall–Kier alpha value is -2.09. The van der Waals surface area contributed by atoms with Crippen molar-refractivity contribution in [3.8, 4) is 0 Å². The monoisotopic (exact) mass is 321 g/mol. The normalized spacial score (nSPS) is 23.1. The number of nitrogens with two attached hydrogens (primary N) is 1. The highest BCUT2D eigenvalue weighted by molar-refractivity contribution is 5.71. The highest BCUT2D eigenvalue weighted by Crippen LogP contribution is 2.26. The van der Waals surface area contributed by atoms with Crippen LogP contribution in [-0.4, -0.2) is 58.4 Å². The number of aliphatic hydroxyl groups is 1. The average Bonchev–Trinajstić information content (AvgIpc) is 2.55. The number of hydrogen-bond donors (Lipinski definition) is 3. The molecule has 0 spiro atoms. The molecule has 2 saturated heterocycles. The van der Waals surface area contributed by atoms with E-state index in [1.54, 1.807) is 0 Å². The smallest absolute Gasteiger partial charge is 0.308 e. The first-order valence-corrected chi connectivity index (χ1v) is 8.08. The lowest BCUT2D eigenvalue weighted by Gasteiger charge is -2.34. The van der Waals surface area contributed by atoms with Gasteiger partial charge in [0.15, 0.2) is 0 Å². The molecule has 8 heteroatoms. The number of carboxylic acid groups (broad SMARTS) is 1. The Morgan fingerprint density at radius 2 is 1.78 bits per heavy atom. The number of carboxylic acids is 1. The van der Waals surface area contributed by atoms with Crippen LogP contribution in [-0.2, 0) is 4.79 Å². The zero-order chi connectivity index (χ0) is 16.4. The summed E-state index contributed by atoms with van der Waals surface area (Å²) in [4.78, 5) is 23.9. The van der Waals surface area contributed by atoms with Gasteiger partial charge in [-0.2, -0.15) is 9.97 Å². The standard InChI is InChI=1S/C15H23N5O3/c16-15-17-12(19-6-3-11(21)4-7-19)8-13(18-15)20-5-1-2-10(9-20)14(22)23/h8,10-11,21H,1-7,9H2,(H,22,23)(H2,16,17,18). The van der Waals surface area contributed by atoms with Gasteiger partial charge in [-0.3, -0.25) is 4.79 Å². The first kappa shape index (κ1) is 15.8. The molecular formula is C15H23N5O3. The van der Waals surface area contributed by atoms with Crippen molar-refractivity contribution in [1.29, 1.82) is 0 Å². The van der Waals surface area contributed by atoms with Gasteiger partial charge in [0, 0.05) is 32.2 Å². The zero-order valence-electron chi connectivity index (χ0n) is 13.1. The Labute approximate surface area is 134 Å². The molecule has 3 rings (SSSR count). The van der Waals surface area contributed by atoms with E-state index in [4.69, 9.17) is 5.73 Å². The third-order valence-electron chi connectivity index (χ3n) is 4.60. The molecule has 0 amide bonds. The minimum Gasteiger partial charge on any atom is -0.481 e. The maximum atomic E-state index is 11.2. The number of carbonyl (C=O) groups is 1. The second-order valence-corrected chi connectivity index (χ2v) is 6.28. The summed E-state index contributed by atoms with van der Waals surface area (Å²) in [5.74, 6) is 0.498. The summed E-state index contributed by atoms with van der Waals surface area (Å²) < 4.78 is 0. The summed E-state index contributed by atoms with van der Waals surface area (Å²) in [5.41, 5.74) is 5.85. The molecule has 0 aliphatic carbocycles. The largest absolute Gasteiger partial charge is 0.481 e. The van der Waals surface area contributed by atoms with E-state index < -0.39 is 5.97 Å². The molecule has 0 bridgehead atoms. The van der Waals surface area contributed by atoms with Gasteiger partial charge in [0.05, 0.1) is 12.0 Å². The van der Waals surface area contributed by atoms with Crippen LogP contribution in [0, 0.1) is 5.92 Å². The lowest BCUT2D eigenvalue weighted by Crippen LogP contribution is -2.40. The van der Waals surface area contributed by atoms with Crippen LogP contribution in [0.25, 0.3) is 0 Å². The van der Waals surface area contributed by atoms with Crippen LogP contribution < -0.4 is 15.5 Å². The second-order valence-electron chi connectivity index (χ2n) is 6.28. The van der Waals surface area contributed by atoms with Gasteiger partial charge in [-0.1, -0.05) is 0 Å². The SMILES string of the molecule is Nc1nc(N2CCC(O)CC2)cc(N2CCCC(C(=O)O)C2)n1. The third-order valence-corrected chi connectivity index (χ3v) is 4.60. The van der Waals surface area contributed by atoms with Gasteiger partial charge in [-0.05, 0) is 25.7 Å². The van der Waals surface area contributed by atoms with E-state index >= 15 is 0 Å². The molecule has 8 nitrogen and oxygen atoms in total. The van der Waals surface area contributed by atoms with Crippen LogP contribution in [0.5, 0.6) is 0 Å². The van der Waals surface area contributed by atoms with Gasteiger partial charge in [-0.15, -0.1) is 0 Å². The molecule has 4 N–H and O–H groups in total. The second kappa shape index (κ2) is 6.57. The Morgan fingerprint density at radius 1 is 1.13 bits per heavy atom. The fraction of sp³-hybridized carbons (Fsp3) is 0.667. The lowest BCUT2D eigenvalue weighted by atomic mass is 9.98. The van der Waals surface area contributed by atoms with Crippen molar-refractivity contribution in [3.63, 3.8) is 0 Å². The summed E-state index contributed by atoms with van der Waals surface area (Å²) in [6.45, 7) is 2.69. The summed E-state index contributed by atoms with van der Waals surface area (Å²) in [5, 5.41) is 18.8. The van der Waals surface area contributed by atoms with Gasteiger partial charge in [-0.25, -0.2) is 0 Å². The van der Waals surface area contributed by atoms with Gasteiger partial charge >= 0.3 is 5.97 Å². The summed E-state index contributed by atoms with van der Waals surface area (Å²) in [6, 6.07) is 1.87. The van der Waals surface area contributed by atoms with E-state index in [1.807, 2.05) is 11.0 Å². The van der Waals surface area contributed by atoms with Crippen molar-refractivity contribution in [2.45, 2.75) is 31.8 Å². The summed E-state index contributed by atoms with van der Waals surface area (Å²) >= 11 is 0. The van der Waals surface area contributed by atoms with Crippen LogP contribution in [0.1, 0.15) is 25.7 Å². The van der Waals surface area contributed by atoms with E-state index in [2.05, 4.69) is 14.9 Å². The number of aromatic nitrogens is 2. The van der Waals surface area contributed by atoms with Crippen LogP contribution >= 0.6 is 0 Å². The fourth-order valence-electron chi connectivity index (χ4n) is 3.25. The van der Waals surface area contributed by atoms with Crippen molar-refractivity contribution in [2.24, 2.45) is 5.92 Å². The Balaban J connectivity index is 1.78. The van der Waals surface area contributed by atoms with E-state index in [-0.39, 0.29) is 18.0 Å². The molecule has 3 heterocycles. The number of rotatable bonds is 3. The van der Waals surface area contributed by atoms with E-state index in [1.165, 1.54) is 0 Å². The molecule has 1 aromatic heterocycles. The first-order valence-electron chi connectivity index (χ1n) is 8.08. The molecular weight excluding hydrogens is 298 g/mol. The number of nitrogens with zero attached hydrogens (tertiary/aromatic N) is 4. The first-order chi connectivity index (χ1) is 11.0. The fourth-order valence-corrected chi connectivity index (χ4v) is 3.25. The Bertz CT molecular complexity index is 574. The van der Waals surface area contributed by atoms with Crippen LogP contribution in [0.2, 0.25) is 0 Å². The number of piperidine rings is 2. The van der Waals surface area contributed by atoms with E-state index in [0.717, 1.165) is 31.9 Å². The topological polar surface area (TPSA) is 116 Å². The van der Waals surface area contributed by atoms with Gasteiger partial charge in [0.25, 0.3) is 0 Å². The molecule has 126 valence electrons. The zero-order valence-corrected chi connectivity index (χ0v) is 13.1. The molecule has 23 heavy (non-hydrogen) atoms. The van der Waals surface area contributed by atoms with Gasteiger partial charge in [0.1, 0.15) is 11.6 Å². The third kappa shape index (κ3) is 3.64. The molecule has 1 aromatic rings. The van der Waals surface area contributed by atoms with Crippen LogP contribution in [0.15, 0.2) is 6.07 Å². The molecule has 0 aromatic carbocycles. The number of hydrogen-bond acceptors (Lipinski definition) is 7. The van der Waals surface area contributed by atoms with Crippen molar-refractivity contribution < 1.29 is 15.0 Å². The van der Waals surface area contributed by atoms with Gasteiger partial charge < -0.3 is 25.7 Å². The molecule has 0 saturated carbocycles. The number of aliphatic carboxylic acids is 1. The number of anilines is 3. The van der Waals surface area contributed by atoms with Gasteiger partial charge in [0.2, 0.25) is 5.95 Å². The van der Waals surface area contributed by atoms with Crippen LogP contribution in [0.4, 0.5) is 17.6 Å². The van der Waals surface area contributed by atoms with E-state index in [0.29, 0.717) is 31.6 Å².